The van der Waals surface area contributed by atoms with Gasteiger partial charge in [-0.1, -0.05) is 29.8 Å². The summed E-state index contributed by atoms with van der Waals surface area (Å²) in [6.07, 6.45) is 1.58. The molecule has 0 bridgehead atoms. The number of fused-ring (bicyclic) bond motifs is 2. The summed E-state index contributed by atoms with van der Waals surface area (Å²) in [7, 11) is 0. The third kappa shape index (κ3) is 2.64. The van der Waals surface area contributed by atoms with Gasteiger partial charge in [0.15, 0.2) is 5.43 Å². The van der Waals surface area contributed by atoms with Crippen LogP contribution in [0, 0.1) is 19.7 Å². The van der Waals surface area contributed by atoms with Crippen molar-refractivity contribution in [3.05, 3.63) is 105 Å². The van der Waals surface area contributed by atoms with Gasteiger partial charge in [0.25, 0.3) is 5.91 Å². The number of anilines is 1. The maximum Gasteiger partial charge on any atom is 0.296 e. The van der Waals surface area contributed by atoms with Gasteiger partial charge in [-0.15, -0.1) is 0 Å². The first-order valence-electron chi connectivity index (χ1n) is 9.53. The van der Waals surface area contributed by atoms with Crippen LogP contribution in [0.15, 0.2) is 70.0 Å². The fraction of sp³-hybridized carbons (Fsp3) is 0.125. The van der Waals surface area contributed by atoms with Crippen molar-refractivity contribution in [3.8, 4) is 0 Å². The summed E-state index contributed by atoms with van der Waals surface area (Å²) in [5, 5.41) is 0.363. The third-order valence-electron chi connectivity index (χ3n) is 5.37. The van der Waals surface area contributed by atoms with Crippen molar-refractivity contribution in [2.24, 2.45) is 0 Å². The van der Waals surface area contributed by atoms with Gasteiger partial charge in [-0.25, -0.2) is 9.37 Å². The van der Waals surface area contributed by atoms with Crippen molar-refractivity contribution in [2.45, 2.75) is 19.9 Å². The normalized spacial score (nSPS) is 15.6. The van der Waals surface area contributed by atoms with E-state index in [1.165, 1.54) is 11.0 Å². The first kappa shape index (κ1) is 18.2. The van der Waals surface area contributed by atoms with Gasteiger partial charge in [-0.05, 0) is 49.7 Å². The topological polar surface area (TPSA) is 63.4 Å². The summed E-state index contributed by atoms with van der Waals surface area (Å²) in [4.78, 5) is 32.5. The van der Waals surface area contributed by atoms with Crippen molar-refractivity contribution in [1.82, 2.24) is 4.98 Å². The minimum Gasteiger partial charge on any atom is -0.450 e. The molecule has 1 aliphatic rings. The van der Waals surface area contributed by atoms with Gasteiger partial charge in [0.05, 0.1) is 17.0 Å². The first-order valence-corrected chi connectivity index (χ1v) is 9.53. The van der Waals surface area contributed by atoms with Gasteiger partial charge in [-0.3, -0.25) is 14.5 Å². The first-order chi connectivity index (χ1) is 14.5. The van der Waals surface area contributed by atoms with E-state index < -0.39 is 17.8 Å². The molecule has 148 valence electrons. The van der Waals surface area contributed by atoms with E-state index in [1.54, 1.807) is 48.7 Å². The number of carbonyl (C=O) groups is 1. The van der Waals surface area contributed by atoms with Gasteiger partial charge in [0.1, 0.15) is 17.2 Å². The van der Waals surface area contributed by atoms with Crippen molar-refractivity contribution in [3.63, 3.8) is 0 Å². The van der Waals surface area contributed by atoms with Crippen LogP contribution in [0.5, 0.6) is 0 Å². The average Bonchev–Trinajstić information content (AvgIpc) is 3.01. The molecule has 3 heterocycles. The average molecular weight is 400 g/mol. The number of aromatic nitrogens is 1. The second kappa shape index (κ2) is 6.62. The van der Waals surface area contributed by atoms with Crippen LogP contribution in [0.3, 0.4) is 0 Å². The van der Waals surface area contributed by atoms with Crippen LogP contribution in [0.25, 0.3) is 11.0 Å². The van der Waals surface area contributed by atoms with Crippen molar-refractivity contribution in [2.75, 3.05) is 4.90 Å². The molecular weight excluding hydrogens is 383 g/mol. The number of nitrogens with zero attached hydrogens (tertiary/aromatic N) is 2. The number of aryl methyl sites for hydroxylation is 2. The molecule has 0 saturated heterocycles. The maximum absolute atomic E-state index is 14.8. The van der Waals surface area contributed by atoms with E-state index in [2.05, 4.69) is 4.98 Å². The molecule has 0 N–H and O–H groups in total. The molecule has 5 rings (SSSR count). The number of pyridine rings is 1. The highest BCUT2D eigenvalue weighted by atomic mass is 19.1. The Morgan fingerprint density at radius 3 is 2.53 bits per heavy atom. The van der Waals surface area contributed by atoms with Crippen LogP contribution in [0.1, 0.15) is 38.9 Å². The molecule has 0 unspecified atom stereocenters. The zero-order valence-electron chi connectivity index (χ0n) is 16.3. The molecule has 0 radical (unpaired) electrons. The zero-order valence-corrected chi connectivity index (χ0v) is 16.3. The molecule has 1 aliphatic heterocycles. The highest BCUT2D eigenvalue weighted by Gasteiger charge is 2.45. The minimum absolute atomic E-state index is 0.0760. The Balaban J connectivity index is 1.86. The standard InChI is InChI=1S/C24H17FN2O3/c1-13-7-8-18-16(11-13)22(28)20-21(15-5-3-4-6-17(15)25)27(24(29)23(20)30-18)19-12-14(2)9-10-26-19/h3-12,21H,1-2H3/t21-/m1/s1. The molecule has 6 heteroatoms. The van der Waals surface area contributed by atoms with Crippen LogP contribution >= 0.6 is 0 Å². The summed E-state index contributed by atoms with van der Waals surface area (Å²) < 4.78 is 20.7. The Labute approximate surface area is 171 Å². The Morgan fingerprint density at radius 1 is 1.00 bits per heavy atom. The maximum atomic E-state index is 14.8. The number of amides is 1. The van der Waals surface area contributed by atoms with Crippen LogP contribution in [-0.4, -0.2) is 10.9 Å². The van der Waals surface area contributed by atoms with Gasteiger partial charge in [0.2, 0.25) is 5.76 Å². The molecule has 5 nitrogen and oxygen atoms in total. The SMILES string of the molecule is Cc1ccnc(N2C(=O)c3oc4ccc(C)cc4c(=O)c3[C@H]2c2ccccc2F)c1. The molecule has 4 aromatic rings. The quantitative estimate of drug-likeness (QED) is 0.490. The lowest BCUT2D eigenvalue weighted by Crippen LogP contribution is -2.30. The molecule has 2 aromatic heterocycles. The fourth-order valence-corrected chi connectivity index (χ4v) is 3.97. The Bertz CT molecular complexity index is 1390. The van der Waals surface area contributed by atoms with Crippen LogP contribution in [0.2, 0.25) is 0 Å². The van der Waals surface area contributed by atoms with Crippen molar-refractivity contribution in [1.29, 1.82) is 0 Å². The van der Waals surface area contributed by atoms with E-state index in [4.69, 9.17) is 4.42 Å². The molecule has 2 aromatic carbocycles. The molecule has 1 amide bonds. The van der Waals surface area contributed by atoms with E-state index in [9.17, 15) is 14.0 Å². The van der Waals surface area contributed by atoms with Crippen LogP contribution in [-0.2, 0) is 0 Å². The predicted molar refractivity (Wildman–Crippen MR) is 111 cm³/mol. The van der Waals surface area contributed by atoms with E-state index in [0.29, 0.717) is 16.8 Å². The lowest BCUT2D eigenvalue weighted by Gasteiger charge is -2.24. The summed E-state index contributed by atoms with van der Waals surface area (Å²) >= 11 is 0. The zero-order chi connectivity index (χ0) is 21.0. The summed E-state index contributed by atoms with van der Waals surface area (Å²) in [6, 6.07) is 13.9. The molecule has 0 fully saturated rings. The number of halogens is 1. The number of rotatable bonds is 2. The highest BCUT2D eigenvalue weighted by Crippen LogP contribution is 2.41. The number of carbonyl (C=O) groups excluding carboxylic acids is 1. The molecule has 0 saturated carbocycles. The molecule has 30 heavy (non-hydrogen) atoms. The second-order valence-corrected chi connectivity index (χ2v) is 7.46. The van der Waals surface area contributed by atoms with Gasteiger partial charge >= 0.3 is 0 Å². The largest absolute Gasteiger partial charge is 0.450 e. The van der Waals surface area contributed by atoms with Gasteiger partial charge < -0.3 is 4.42 Å². The highest BCUT2D eigenvalue weighted by molar-refractivity contribution is 6.10. The van der Waals surface area contributed by atoms with Crippen LogP contribution < -0.4 is 10.3 Å². The minimum atomic E-state index is -0.968. The summed E-state index contributed by atoms with van der Waals surface area (Å²) in [5.74, 6) is -0.771. The van der Waals surface area contributed by atoms with Gasteiger partial charge in [0, 0.05) is 11.8 Å². The summed E-state index contributed by atoms with van der Waals surface area (Å²) in [5.41, 5.74) is 2.10. The van der Waals surface area contributed by atoms with Crippen molar-refractivity contribution < 1.29 is 13.6 Å². The monoisotopic (exact) mass is 400 g/mol. The summed E-state index contributed by atoms with van der Waals surface area (Å²) in [6.45, 7) is 3.74. The Hall–Kier alpha value is -3.80. The smallest absolute Gasteiger partial charge is 0.296 e. The van der Waals surface area contributed by atoms with E-state index >= 15 is 0 Å². The third-order valence-corrected chi connectivity index (χ3v) is 5.37. The second-order valence-electron chi connectivity index (χ2n) is 7.46. The Kier molecular flexibility index (Phi) is 4.03. The van der Waals surface area contributed by atoms with E-state index in [1.807, 2.05) is 19.9 Å². The number of hydrogen-bond acceptors (Lipinski definition) is 4. The molecule has 0 spiro atoms. The lowest BCUT2D eigenvalue weighted by molar-refractivity contribution is 0.0970. The Morgan fingerprint density at radius 2 is 1.77 bits per heavy atom. The molecule has 1 atom stereocenters. The predicted octanol–water partition coefficient (Wildman–Crippen LogP) is 4.69. The number of hydrogen-bond donors (Lipinski definition) is 0. The molecule has 0 aliphatic carbocycles. The van der Waals surface area contributed by atoms with Crippen LogP contribution in [0.4, 0.5) is 10.2 Å². The van der Waals surface area contributed by atoms with Crippen molar-refractivity contribution >= 4 is 22.7 Å². The van der Waals surface area contributed by atoms with E-state index in [0.717, 1.165) is 11.1 Å². The van der Waals surface area contributed by atoms with Gasteiger partial charge in [-0.2, -0.15) is 0 Å². The number of benzene rings is 2. The van der Waals surface area contributed by atoms with E-state index in [-0.39, 0.29) is 22.3 Å². The fourth-order valence-electron chi connectivity index (χ4n) is 3.97. The lowest BCUT2D eigenvalue weighted by atomic mass is 9.97. The molecular formula is C24H17FN2O3.